The van der Waals surface area contributed by atoms with E-state index in [0.717, 1.165) is 32.7 Å². The van der Waals surface area contributed by atoms with Crippen LogP contribution < -0.4 is 5.32 Å². The summed E-state index contributed by atoms with van der Waals surface area (Å²) in [5.41, 5.74) is 0. The lowest BCUT2D eigenvalue weighted by Gasteiger charge is -2.34. The summed E-state index contributed by atoms with van der Waals surface area (Å²) in [6.07, 6.45) is 0.963. The van der Waals surface area contributed by atoms with E-state index in [1.54, 1.807) is 11.3 Å². The molecule has 0 radical (unpaired) electrons. The van der Waals surface area contributed by atoms with E-state index in [1.165, 1.54) is 12.0 Å². The molecule has 0 unspecified atom stereocenters. The van der Waals surface area contributed by atoms with E-state index in [0.29, 0.717) is 25.9 Å². The summed E-state index contributed by atoms with van der Waals surface area (Å²) in [6, 6.07) is 4.25. The Bertz CT molecular complexity index is 485. The second kappa shape index (κ2) is 9.64. The van der Waals surface area contributed by atoms with Gasteiger partial charge in [0, 0.05) is 50.6 Å². The first-order valence-electron chi connectivity index (χ1n) is 7.98. The zero-order chi connectivity index (χ0) is 16.5. The molecular weight excluding hydrogens is 314 g/mol. The molecule has 0 aliphatic carbocycles. The van der Waals surface area contributed by atoms with Gasteiger partial charge in [-0.1, -0.05) is 6.07 Å². The van der Waals surface area contributed by atoms with Crippen LogP contribution in [0.4, 0.5) is 0 Å². The maximum atomic E-state index is 11.9. The summed E-state index contributed by atoms with van der Waals surface area (Å²) in [6.45, 7) is 5.78. The van der Waals surface area contributed by atoms with Crippen molar-refractivity contribution in [3.05, 3.63) is 22.4 Å². The number of hydrogen-bond acceptors (Lipinski definition) is 6. The largest absolute Gasteiger partial charge is 0.469 e. The van der Waals surface area contributed by atoms with Crippen LogP contribution in [0.3, 0.4) is 0 Å². The number of ether oxygens (including phenoxy) is 1. The van der Waals surface area contributed by atoms with Gasteiger partial charge < -0.3 is 10.1 Å². The molecule has 2 rings (SSSR count). The van der Waals surface area contributed by atoms with Gasteiger partial charge in [-0.25, -0.2) is 0 Å². The molecule has 1 aromatic heterocycles. The Labute approximate surface area is 141 Å². The fourth-order valence-corrected chi connectivity index (χ4v) is 3.30. The van der Waals surface area contributed by atoms with Crippen LogP contribution in [-0.4, -0.2) is 68.1 Å². The summed E-state index contributed by atoms with van der Waals surface area (Å²) in [5, 5.41) is 4.96. The lowest BCUT2D eigenvalue weighted by atomic mass is 10.3. The molecule has 1 aliphatic heterocycles. The molecular formula is C16H25N3O3S. The third-order valence-electron chi connectivity index (χ3n) is 3.90. The Hall–Kier alpha value is -1.44. The molecule has 0 bridgehead atoms. The lowest BCUT2D eigenvalue weighted by Crippen LogP contribution is -2.49. The maximum absolute atomic E-state index is 11.9. The number of thiophene rings is 1. The van der Waals surface area contributed by atoms with Crippen molar-refractivity contribution < 1.29 is 14.3 Å². The van der Waals surface area contributed by atoms with Crippen molar-refractivity contribution in [3.8, 4) is 0 Å². The Morgan fingerprint density at radius 2 is 2.00 bits per heavy atom. The number of piperazine rings is 1. The molecule has 1 N–H and O–H groups in total. The molecule has 1 amide bonds. The molecule has 1 saturated heterocycles. The number of nitrogens with zero attached hydrogens (tertiary/aromatic N) is 2. The monoisotopic (exact) mass is 339 g/mol. The molecule has 23 heavy (non-hydrogen) atoms. The average Bonchev–Trinajstić information content (AvgIpc) is 3.06. The minimum atomic E-state index is -0.235. The van der Waals surface area contributed by atoms with Crippen LogP contribution in [0, 0.1) is 0 Å². The van der Waals surface area contributed by atoms with E-state index in [9.17, 15) is 9.59 Å². The van der Waals surface area contributed by atoms with Crippen LogP contribution in [0.15, 0.2) is 17.5 Å². The number of esters is 1. The highest BCUT2D eigenvalue weighted by molar-refractivity contribution is 7.09. The zero-order valence-corrected chi connectivity index (χ0v) is 14.4. The normalized spacial score (nSPS) is 16.2. The van der Waals surface area contributed by atoms with Gasteiger partial charge in [-0.15, -0.1) is 11.3 Å². The third-order valence-corrected chi connectivity index (χ3v) is 4.76. The minimum absolute atomic E-state index is 0.0292. The predicted molar refractivity (Wildman–Crippen MR) is 90.3 cm³/mol. The van der Waals surface area contributed by atoms with Crippen molar-refractivity contribution in [2.75, 3.05) is 46.4 Å². The van der Waals surface area contributed by atoms with Crippen molar-refractivity contribution in [2.45, 2.75) is 19.4 Å². The highest BCUT2D eigenvalue weighted by Crippen LogP contribution is 2.13. The van der Waals surface area contributed by atoms with Gasteiger partial charge in [-0.2, -0.15) is 0 Å². The van der Waals surface area contributed by atoms with Gasteiger partial charge in [0.25, 0.3) is 0 Å². The topological polar surface area (TPSA) is 61.9 Å². The Morgan fingerprint density at radius 3 is 2.65 bits per heavy atom. The fraction of sp³-hybridized carbons (Fsp3) is 0.625. The van der Waals surface area contributed by atoms with Crippen LogP contribution in [-0.2, 0) is 20.9 Å². The van der Waals surface area contributed by atoms with Crippen molar-refractivity contribution in [1.29, 1.82) is 0 Å². The van der Waals surface area contributed by atoms with Crippen LogP contribution >= 0.6 is 11.3 Å². The van der Waals surface area contributed by atoms with Gasteiger partial charge >= 0.3 is 5.97 Å². The Kier molecular flexibility index (Phi) is 7.51. The van der Waals surface area contributed by atoms with Crippen LogP contribution in [0.5, 0.6) is 0 Å². The number of carbonyl (C=O) groups is 2. The van der Waals surface area contributed by atoms with Gasteiger partial charge in [0.15, 0.2) is 0 Å². The van der Waals surface area contributed by atoms with Gasteiger partial charge in [0.1, 0.15) is 0 Å². The molecule has 7 heteroatoms. The SMILES string of the molecule is COC(=O)CCCNC(=O)CN1CCN(Cc2cccs2)CC1. The molecule has 0 spiro atoms. The van der Waals surface area contributed by atoms with Gasteiger partial charge in [-0.05, 0) is 17.9 Å². The van der Waals surface area contributed by atoms with Gasteiger partial charge in [0.05, 0.1) is 13.7 Å². The number of carbonyl (C=O) groups excluding carboxylic acids is 2. The van der Waals surface area contributed by atoms with Crippen molar-refractivity contribution >= 4 is 23.2 Å². The number of amides is 1. The minimum Gasteiger partial charge on any atom is -0.469 e. The van der Waals surface area contributed by atoms with Crippen molar-refractivity contribution in [2.24, 2.45) is 0 Å². The number of nitrogens with one attached hydrogen (secondary N) is 1. The first-order chi connectivity index (χ1) is 11.2. The van der Waals surface area contributed by atoms with Gasteiger partial charge in [0.2, 0.25) is 5.91 Å². The Balaban J connectivity index is 1.56. The molecule has 1 fully saturated rings. The fourth-order valence-electron chi connectivity index (χ4n) is 2.55. The van der Waals surface area contributed by atoms with E-state index in [-0.39, 0.29) is 11.9 Å². The number of rotatable bonds is 8. The van der Waals surface area contributed by atoms with E-state index in [4.69, 9.17) is 0 Å². The van der Waals surface area contributed by atoms with Gasteiger partial charge in [-0.3, -0.25) is 19.4 Å². The zero-order valence-electron chi connectivity index (χ0n) is 13.6. The average molecular weight is 339 g/mol. The smallest absolute Gasteiger partial charge is 0.305 e. The summed E-state index contributed by atoms with van der Waals surface area (Å²) in [5.74, 6) is -0.206. The predicted octanol–water partition coefficient (Wildman–Crippen LogP) is 0.935. The molecule has 0 saturated carbocycles. The molecule has 6 nitrogen and oxygen atoms in total. The molecule has 128 valence electrons. The molecule has 1 aliphatic rings. The highest BCUT2D eigenvalue weighted by Gasteiger charge is 2.19. The summed E-state index contributed by atoms with van der Waals surface area (Å²) in [7, 11) is 1.37. The Morgan fingerprint density at radius 1 is 1.26 bits per heavy atom. The van der Waals surface area contributed by atoms with Crippen molar-refractivity contribution in [1.82, 2.24) is 15.1 Å². The summed E-state index contributed by atoms with van der Waals surface area (Å²) < 4.78 is 4.56. The first kappa shape index (κ1) is 17.9. The van der Waals surface area contributed by atoms with E-state index >= 15 is 0 Å². The van der Waals surface area contributed by atoms with E-state index < -0.39 is 0 Å². The third kappa shape index (κ3) is 6.68. The molecule has 2 heterocycles. The van der Waals surface area contributed by atoms with E-state index in [1.807, 2.05) is 0 Å². The summed E-state index contributed by atoms with van der Waals surface area (Å²) in [4.78, 5) is 28.9. The molecule has 1 aromatic rings. The highest BCUT2D eigenvalue weighted by atomic mass is 32.1. The number of hydrogen-bond donors (Lipinski definition) is 1. The van der Waals surface area contributed by atoms with Crippen LogP contribution in [0.2, 0.25) is 0 Å². The second-order valence-corrected chi connectivity index (χ2v) is 6.69. The second-order valence-electron chi connectivity index (χ2n) is 5.66. The maximum Gasteiger partial charge on any atom is 0.305 e. The molecule has 0 atom stereocenters. The van der Waals surface area contributed by atoms with Crippen molar-refractivity contribution in [3.63, 3.8) is 0 Å². The van der Waals surface area contributed by atoms with Crippen LogP contribution in [0.1, 0.15) is 17.7 Å². The first-order valence-corrected chi connectivity index (χ1v) is 8.86. The molecule has 0 aromatic carbocycles. The quantitative estimate of drug-likeness (QED) is 0.564. The number of methoxy groups -OCH3 is 1. The summed E-state index contributed by atoms with van der Waals surface area (Å²) >= 11 is 1.79. The lowest BCUT2D eigenvalue weighted by molar-refractivity contribution is -0.140. The standard InChI is InChI=1S/C16H25N3O3S/c1-22-16(21)5-2-6-17-15(20)13-19-9-7-18(8-10-19)12-14-4-3-11-23-14/h3-4,11H,2,5-10,12-13H2,1H3,(H,17,20). The van der Waals surface area contributed by atoms with Crippen LogP contribution in [0.25, 0.3) is 0 Å². The van der Waals surface area contributed by atoms with E-state index in [2.05, 4.69) is 37.4 Å².